The number of rotatable bonds is 2. The third-order valence-electron chi connectivity index (χ3n) is 8.87. The van der Waals surface area contributed by atoms with Crippen LogP contribution in [0.25, 0.3) is 95.4 Å². The van der Waals surface area contributed by atoms with Crippen LogP contribution in [0.4, 0.5) is 0 Å². The van der Waals surface area contributed by atoms with E-state index < -0.39 is 0 Å². The third-order valence-corrected chi connectivity index (χ3v) is 11.1. The first-order valence-electron chi connectivity index (χ1n) is 14.7. The summed E-state index contributed by atoms with van der Waals surface area (Å²) < 4.78 is 3.88. The summed E-state index contributed by atoms with van der Waals surface area (Å²) in [7, 11) is 0. The lowest BCUT2D eigenvalue weighted by molar-refractivity contribution is 1.46. The molecule has 2 nitrogen and oxygen atoms in total. The second-order valence-corrected chi connectivity index (χ2v) is 13.4. The Kier molecular flexibility index (Phi) is 5.06. The Morgan fingerprint density at radius 1 is 0.364 bits per heavy atom. The Morgan fingerprint density at radius 2 is 0.977 bits per heavy atom. The summed E-state index contributed by atoms with van der Waals surface area (Å²) in [5.41, 5.74) is 7.83. The van der Waals surface area contributed by atoms with Crippen LogP contribution in [0.1, 0.15) is 0 Å². The van der Waals surface area contributed by atoms with E-state index in [0.29, 0.717) is 0 Å². The average Bonchev–Trinajstić information content (AvgIpc) is 3.65. The summed E-state index contributed by atoms with van der Waals surface area (Å²) in [5.74, 6) is 0. The number of aromatic nitrogens is 2. The fraction of sp³-hybridized carbons (Fsp3) is 0. The van der Waals surface area contributed by atoms with Crippen molar-refractivity contribution in [3.8, 4) is 22.3 Å². The lowest BCUT2D eigenvalue weighted by atomic mass is 9.97. The SMILES string of the molecule is c1cc(-c2ccc3sc4nc5c6ccccc6c6ccccc6c5nc4c3c2)cc(-c2cccc3c2sc2ccccc23)c1. The molecule has 204 valence electrons. The highest BCUT2D eigenvalue weighted by atomic mass is 32.1. The molecule has 0 atom stereocenters. The minimum absolute atomic E-state index is 0.968. The quantitative estimate of drug-likeness (QED) is 0.186. The van der Waals surface area contributed by atoms with Gasteiger partial charge in [-0.15, -0.1) is 22.7 Å². The van der Waals surface area contributed by atoms with Crippen molar-refractivity contribution in [2.45, 2.75) is 0 Å². The third kappa shape index (κ3) is 3.47. The number of nitrogens with zero attached hydrogens (tertiary/aromatic N) is 2. The Balaban J connectivity index is 1.17. The molecular formula is C40H22N2S2. The average molecular weight is 595 g/mol. The molecule has 7 aromatic carbocycles. The fourth-order valence-electron chi connectivity index (χ4n) is 6.82. The van der Waals surface area contributed by atoms with Crippen LogP contribution in [0.3, 0.4) is 0 Å². The number of benzene rings is 7. The van der Waals surface area contributed by atoms with E-state index in [1.165, 1.54) is 57.9 Å². The van der Waals surface area contributed by atoms with E-state index in [9.17, 15) is 0 Å². The summed E-state index contributed by atoms with van der Waals surface area (Å²) in [4.78, 5) is 11.6. The first-order valence-corrected chi connectivity index (χ1v) is 16.4. The summed E-state index contributed by atoms with van der Waals surface area (Å²) in [6.45, 7) is 0. The van der Waals surface area contributed by atoms with Crippen molar-refractivity contribution >= 4 is 95.9 Å². The molecule has 0 aliphatic carbocycles. The van der Waals surface area contributed by atoms with Gasteiger partial charge in [-0.05, 0) is 57.3 Å². The second-order valence-electron chi connectivity index (χ2n) is 11.3. The molecule has 0 aliphatic heterocycles. The first-order chi connectivity index (χ1) is 21.8. The van der Waals surface area contributed by atoms with Crippen molar-refractivity contribution in [1.29, 1.82) is 0 Å². The van der Waals surface area contributed by atoms with E-state index in [1.807, 2.05) is 11.3 Å². The molecule has 4 heteroatoms. The van der Waals surface area contributed by atoms with Crippen LogP contribution in [-0.4, -0.2) is 9.97 Å². The van der Waals surface area contributed by atoms with Crippen LogP contribution >= 0.6 is 22.7 Å². The van der Waals surface area contributed by atoms with Gasteiger partial charge >= 0.3 is 0 Å². The molecule has 0 aliphatic rings. The highest BCUT2D eigenvalue weighted by Gasteiger charge is 2.16. The van der Waals surface area contributed by atoms with E-state index in [1.54, 1.807) is 11.3 Å². The van der Waals surface area contributed by atoms with Gasteiger partial charge < -0.3 is 0 Å². The number of hydrogen-bond acceptors (Lipinski definition) is 4. The number of hydrogen-bond donors (Lipinski definition) is 0. The minimum Gasteiger partial charge on any atom is -0.242 e. The predicted octanol–water partition coefficient (Wildman–Crippen LogP) is 12.0. The summed E-state index contributed by atoms with van der Waals surface area (Å²) >= 11 is 3.60. The number of fused-ring (bicyclic) bond motifs is 12. The fourth-order valence-corrected chi connectivity index (χ4v) is 9.06. The Morgan fingerprint density at radius 3 is 1.80 bits per heavy atom. The maximum absolute atomic E-state index is 5.35. The normalized spacial score (nSPS) is 12.1. The molecule has 0 spiro atoms. The highest BCUT2D eigenvalue weighted by Crippen LogP contribution is 2.42. The molecule has 0 unspecified atom stereocenters. The molecule has 10 rings (SSSR count). The Labute approximate surface area is 260 Å². The van der Waals surface area contributed by atoms with Crippen LogP contribution < -0.4 is 0 Å². The van der Waals surface area contributed by atoms with E-state index >= 15 is 0 Å². The maximum Gasteiger partial charge on any atom is 0.143 e. The molecule has 0 N–H and O–H groups in total. The predicted molar refractivity (Wildman–Crippen MR) is 191 cm³/mol. The molecule has 10 aromatic rings. The maximum atomic E-state index is 5.35. The molecule has 0 fully saturated rings. The monoisotopic (exact) mass is 594 g/mol. The van der Waals surface area contributed by atoms with Gasteiger partial charge in [-0.1, -0.05) is 109 Å². The van der Waals surface area contributed by atoms with E-state index in [0.717, 1.165) is 37.5 Å². The Bertz CT molecular complexity index is 2790. The van der Waals surface area contributed by atoms with Crippen molar-refractivity contribution in [2.75, 3.05) is 0 Å². The Hall–Kier alpha value is -5.16. The van der Waals surface area contributed by atoms with E-state index in [-0.39, 0.29) is 0 Å². The molecular weight excluding hydrogens is 573 g/mol. The second kappa shape index (κ2) is 9.17. The van der Waals surface area contributed by atoms with Crippen molar-refractivity contribution < 1.29 is 0 Å². The molecule has 0 radical (unpaired) electrons. The zero-order valence-corrected chi connectivity index (χ0v) is 25.0. The van der Waals surface area contributed by atoms with Crippen molar-refractivity contribution in [3.05, 3.63) is 133 Å². The lowest BCUT2D eigenvalue weighted by Gasteiger charge is -2.09. The van der Waals surface area contributed by atoms with E-state index in [2.05, 4.69) is 133 Å². The molecule has 0 amide bonds. The van der Waals surface area contributed by atoms with Crippen molar-refractivity contribution in [1.82, 2.24) is 9.97 Å². The van der Waals surface area contributed by atoms with Crippen molar-refractivity contribution in [3.63, 3.8) is 0 Å². The molecule has 3 aromatic heterocycles. The summed E-state index contributed by atoms with van der Waals surface area (Å²) in [6.07, 6.45) is 0. The van der Waals surface area contributed by atoms with Crippen LogP contribution in [0.5, 0.6) is 0 Å². The van der Waals surface area contributed by atoms with Gasteiger partial charge in [0.15, 0.2) is 0 Å². The van der Waals surface area contributed by atoms with Gasteiger partial charge in [0.1, 0.15) is 10.3 Å². The molecule has 0 bridgehead atoms. The van der Waals surface area contributed by atoms with Gasteiger partial charge in [-0.25, -0.2) is 9.97 Å². The zero-order valence-electron chi connectivity index (χ0n) is 23.4. The standard InChI is InChI=1S/C40H22N2S2/c1-3-14-30-27(11-1)28-12-2-4-15-31(28)37-36(30)41-38-33-22-24(19-20-35(33)44-40(38)42-37)23-9-7-10-25(21-23)26-16-8-17-32-29-13-5-6-18-34(29)43-39(26)32/h1-22H. The van der Waals surface area contributed by atoms with Gasteiger partial charge in [0.25, 0.3) is 0 Å². The van der Waals surface area contributed by atoms with Crippen LogP contribution in [-0.2, 0) is 0 Å². The smallest absolute Gasteiger partial charge is 0.143 e. The van der Waals surface area contributed by atoms with Crippen LogP contribution in [0, 0.1) is 0 Å². The molecule has 0 saturated heterocycles. The lowest BCUT2D eigenvalue weighted by Crippen LogP contribution is -1.89. The van der Waals surface area contributed by atoms with Gasteiger partial charge in [-0.3, -0.25) is 0 Å². The van der Waals surface area contributed by atoms with Gasteiger partial charge in [0.2, 0.25) is 0 Å². The van der Waals surface area contributed by atoms with E-state index in [4.69, 9.17) is 9.97 Å². The summed E-state index contributed by atoms with van der Waals surface area (Å²) in [6, 6.07) is 48.2. The van der Waals surface area contributed by atoms with Crippen molar-refractivity contribution in [2.24, 2.45) is 0 Å². The summed E-state index contributed by atoms with van der Waals surface area (Å²) in [5, 5.41) is 8.55. The van der Waals surface area contributed by atoms with Crippen LogP contribution in [0.2, 0.25) is 0 Å². The largest absolute Gasteiger partial charge is 0.242 e. The van der Waals surface area contributed by atoms with Gasteiger partial charge in [0, 0.05) is 41.0 Å². The molecule has 44 heavy (non-hydrogen) atoms. The van der Waals surface area contributed by atoms with Crippen LogP contribution in [0.15, 0.2) is 133 Å². The minimum atomic E-state index is 0.968. The number of thiophene rings is 2. The first kappa shape index (κ1) is 24.3. The zero-order chi connectivity index (χ0) is 28.8. The topological polar surface area (TPSA) is 25.8 Å². The van der Waals surface area contributed by atoms with Gasteiger partial charge in [0.05, 0.1) is 11.0 Å². The molecule has 3 heterocycles. The highest BCUT2D eigenvalue weighted by molar-refractivity contribution is 7.26. The van der Waals surface area contributed by atoms with Gasteiger partial charge in [-0.2, -0.15) is 0 Å². The molecule has 0 saturated carbocycles.